The van der Waals surface area contributed by atoms with Crippen molar-refractivity contribution in [3.8, 4) is 6.01 Å². The van der Waals surface area contributed by atoms with Crippen molar-refractivity contribution in [1.29, 1.82) is 0 Å². The van der Waals surface area contributed by atoms with Crippen molar-refractivity contribution < 1.29 is 17.9 Å². The van der Waals surface area contributed by atoms with Gasteiger partial charge in [0.2, 0.25) is 0 Å². The molecule has 0 N–H and O–H groups in total. The second kappa shape index (κ2) is 3.42. The van der Waals surface area contributed by atoms with E-state index in [1.54, 1.807) is 0 Å². The number of hydrogen-bond donors (Lipinski definition) is 0. The highest BCUT2D eigenvalue weighted by Gasteiger charge is 2.32. The van der Waals surface area contributed by atoms with E-state index in [9.17, 15) is 13.2 Å². The Bertz CT molecular complexity index is 294. The molecule has 1 rings (SSSR count). The number of alkyl halides is 3. The van der Waals surface area contributed by atoms with Crippen molar-refractivity contribution in [2.45, 2.75) is 6.36 Å². The minimum absolute atomic E-state index is 0.523. The van der Waals surface area contributed by atoms with Crippen LogP contribution in [-0.4, -0.2) is 16.3 Å². The van der Waals surface area contributed by atoms with Crippen LogP contribution in [0.15, 0.2) is 19.0 Å². The largest absolute Gasteiger partial charge is 0.575 e. The van der Waals surface area contributed by atoms with Crippen LogP contribution >= 0.6 is 0 Å². The summed E-state index contributed by atoms with van der Waals surface area (Å²) < 4.78 is 38.2. The highest BCUT2D eigenvalue weighted by molar-refractivity contribution is 5.43. The van der Waals surface area contributed by atoms with E-state index in [-0.39, 0.29) is 0 Å². The van der Waals surface area contributed by atoms with Crippen LogP contribution < -0.4 is 4.74 Å². The number of hydrogen-bond acceptors (Lipinski definition) is 3. The third kappa shape index (κ3) is 3.10. The number of halogens is 3. The molecular formula is C7H5F3N2O. The normalized spacial score (nSPS) is 11.0. The number of ether oxygens (including phenoxy) is 1. The SMILES string of the molecule is C=Cc1cnc(OC(F)(F)F)nc1. The molecule has 3 nitrogen and oxygen atoms in total. The lowest BCUT2D eigenvalue weighted by Gasteiger charge is -2.05. The summed E-state index contributed by atoms with van der Waals surface area (Å²) in [4.78, 5) is 6.62. The second-order valence-corrected chi connectivity index (χ2v) is 2.05. The van der Waals surface area contributed by atoms with Gasteiger partial charge in [-0.15, -0.1) is 13.2 Å². The van der Waals surface area contributed by atoms with Gasteiger partial charge in [0.25, 0.3) is 0 Å². The summed E-state index contributed by atoms with van der Waals surface area (Å²) in [6, 6.07) is -0.724. The number of aromatic nitrogens is 2. The maximum absolute atomic E-state index is 11.6. The molecule has 0 aromatic carbocycles. The average Bonchev–Trinajstić information content (AvgIpc) is 2.03. The van der Waals surface area contributed by atoms with Gasteiger partial charge in [-0.1, -0.05) is 12.7 Å². The van der Waals surface area contributed by atoms with Crippen LogP contribution in [0.1, 0.15) is 5.56 Å². The summed E-state index contributed by atoms with van der Waals surface area (Å²) in [6.45, 7) is 3.39. The highest BCUT2D eigenvalue weighted by atomic mass is 19.4. The van der Waals surface area contributed by atoms with Gasteiger partial charge in [-0.2, -0.15) is 0 Å². The van der Waals surface area contributed by atoms with E-state index in [2.05, 4.69) is 21.3 Å². The molecule has 0 unspecified atom stereocenters. The molecule has 0 aliphatic rings. The van der Waals surface area contributed by atoms with Gasteiger partial charge in [0.1, 0.15) is 0 Å². The number of nitrogens with zero attached hydrogens (tertiary/aromatic N) is 2. The smallest absolute Gasteiger partial charge is 0.371 e. The second-order valence-electron chi connectivity index (χ2n) is 2.05. The van der Waals surface area contributed by atoms with Gasteiger partial charge >= 0.3 is 12.4 Å². The molecule has 1 aromatic heterocycles. The monoisotopic (exact) mass is 190 g/mol. The van der Waals surface area contributed by atoms with Crippen molar-refractivity contribution >= 4 is 6.08 Å². The van der Waals surface area contributed by atoms with E-state index in [4.69, 9.17) is 0 Å². The maximum atomic E-state index is 11.6. The van der Waals surface area contributed by atoms with Crippen LogP contribution in [0.2, 0.25) is 0 Å². The Morgan fingerprint density at radius 2 is 1.85 bits per heavy atom. The molecule has 0 spiro atoms. The van der Waals surface area contributed by atoms with Crippen molar-refractivity contribution in [3.05, 3.63) is 24.5 Å². The van der Waals surface area contributed by atoms with Gasteiger partial charge in [0.15, 0.2) is 0 Å². The molecule has 0 radical (unpaired) electrons. The molecule has 0 atom stereocenters. The highest BCUT2D eigenvalue weighted by Crippen LogP contribution is 2.18. The van der Waals surface area contributed by atoms with Gasteiger partial charge in [0, 0.05) is 18.0 Å². The lowest BCUT2D eigenvalue weighted by atomic mass is 10.3. The topological polar surface area (TPSA) is 35.0 Å². The first-order chi connectivity index (χ1) is 6.01. The molecule has 70 valence electrons. The summed E-state index contributed by atoms with van der Waals surface area (Å²) in [5.41, 5.74) is 0.523. The van der Waals surface area contributed by atoms with Crippen LogP contribution in [0.4, 0.5) is 13.2 Å². The summed E-state index contributed by atoms with van der Waals surface area (Å²) in [5.74, 6) is 0. The van der Waals surface area contributed by atoms with E-state index >= 15 is 0 Å². The molecule has 0 amide bonds. The summed E-state index contributed by atoms with van der Waals surface area (Å²) in [5, 5.41) is 0. The molecule has 1 heterocycles. The zero-order valence-corrected chi connectivity index (χ0v) is 6.38. The Labute approximate surface area is 71.9 Å². The fourth-order valence-corrected chi connectivity index (χ4v) is 0.588. The van der Waals surface area contributed by atoms with E-state index in [0.29, 0.717) is 5.56 Å². The molecule has 0 saturated heterocycles. The third-order valence-electron chi connectivity index (χ3n) is 1.09. The first-order valence-electron chi connectivity index (χ1n) is 3.21. The zero-order chi connectivity index (χ0) is 9.90. The summed E-state index contributed by atoms with van der Waals surface area (Å²) in [7, 11) is 0. The first kappa shape index (κ1) is 9.50. The van der Waals surface area contributed by atoms with Gasteiger partial charge in [-0.3, -0.25) is 0 Å². The predicted molar refractivity (Wildman–Crippen MR) is 38.8 cm³/mol. The van der Waals surface area contributed by atoms with Crippen molar-refractivity contribution in [2.75, 3.05) is 0 Å². The third-order valence-corrected chi connectivity index (χ3v) is 1.09. The number of rotatable bonds is 2. The van der Waals surface area contributed by atoms with Gasteiger partial charge < -0.3 is 4.74 Å². The van der Waals surface area contributed by atoms with Crippen molar-refractivity contribution in [3.63, 3.8) is 0 Å². The van der Waals surface area contributed by atoms with Crippen LogP contribution in [0.5, 0.6) is 6.01 Å². The fraction of sp³-hybridized carbons (Fsp3) is 0.143. The molecular weight excluding hydrogens is 185 g/mol. The minimum Gasteiger partial charge on any atom is -0.371 e. The molecule has 0 aliphatic carbocycles. The average molecular weight is 190 g/mol. The van der Waals surface area contributed by atoms with E-state index in [0.717, 1.165) is 0 Å². The Morgan fingerprint density at radius 3 is 2.23 bits per heavy atom. The lowest BCUT2D eigenvalue weighted by Crippen LogP contribution is -2.18. The Morgan fingerprint density at radius 1 is 1.31 bits per heavy atom. The summed E-state index contributed by atoms with van der Waals surface area (Å²) in [6.07, 6.45) is -0.977. The zero-order valence-electron chi connectivity index (χ0n) is 6.38. The molecule has 0 bridgehead atoms. The Kier molecular flexibility index (Phi) is 2.50. The van der Waals surface area contributed by atoms with Crippen LogP contribution in [-0.2, 0) is 0 Å². The van der Waals surface area contributed by atoms with Gasteiger partial charge in [0.05, 0.1) is 0 Å². The molecule has 0 aliphatic heterocycles. The van der Waals surface area contributed by atoms with E-state index < -0.39 is 12.4 Å². The summed E-state index contributed by atoms with van der Waals surface area (Å²) >= 11 is 0. The van der Waals surface area contributed by atoms with Gasteiger partial charge in [-0.05, 0) is 0 Å². The molecule has 13 heavy (non-hydrogen) atoms. The lowest BCUT2D eigenvalue weighted by molar-refractivity contribution is -0.277. The molecule has 1 aromatic rings. The van der Waals surface area contributed by atoms with Crippen LogP contribution in [0, 0.1) is 0 Å². The predicted octanol–water partition coefficient (Wildman–Crippen LogP) is 2.02. The quantitative estimate of drug-likeness (QED) is 0.715. The fourth-order valence-electron chi connectivity index (χ4n) is 0.588. The van der Waals surface area contributed by atoms with Crippen molar-refractivity contribution in [1.82, 2.24) is 9.97 Å². The molecule has 0 saturated carbocycles. The van der Waals surface area contributed by atoms with Crippen LogP contribution in [0.3, 0.4) is 0 Å². The van der Waals surface area contributed by atoms with E-state index in [1.807, 2.05) is 0 Å². The van der Waals surface area contributed by atoms with Crippen molar-refractivity contribution in [2.24, 2.45) is 0 Å². The first-order valence-corrected chi connectivity index (χ1v) is 3.21. The van der Waals surface area contributed by atoms with E-state index in [1.165, 1.54) is 18.5 Å². The standard InChI is InChI=1S/C7H5F3N2O/c1-2-5-3-11-6(12-4-5)13-7(8,9)10/h2-4H,1H2. The van der Waals surface area contributed by atoms with Gasteiger partial charge in [-0.25, -0.2) is 9.97 Å². The Balaban J connectivity index is 2.75. The Hall–Kier alpha value is -1.59. The maximum Gasteiger partial charge on any atom is 0.575 e. The minimum atomic E-state index is -4.75. The van der Waals surface area contributed by atoms with Crippen LogP contribution in [0.25, 0.3) is 6.08 Å². The molecule has 6 heteroatoms. The molecule has 0 fully saturated rings.